The van der Waals surface area contributed by atoms with Crippen LogP contribution in [0, 0.1) is 5.92 Å². The molecule has 0 heterocycles. The third-order valence-electron chi connectivity index (χ3n) is 4.43. The molecular formula is C14H15F9O3. The van der Waals surface area contributed by atoms with Crippen LogP contribution in [-0.4, -0.2) is 40.8 Å². The molecule has 0 atom stereocenters. The maximum atomic E-state index is 12.8. The van der Waals surface area contributed by atoms with Gasteiger partial charge in [0, 0.05) is 5.92 Å². The Morgan fingerprint density at radius 3 is 1.69 bits per heavy atom. The molecule has 1 N–H and O–H groups in total. The van der Waals surface area contributed by atoms with Crippen molar-refractivity contribution in [1.29, 1.82) is 0 Å². The zero-order valence-electron chi connectivity index (χ0n) is 13.3. The van der Waals surface area contributed by atoms with Crippen molar-refractivity contribution in [3.63, 3.8) is 0 Å². The topological polar surface area (TPSA) is 46.5 Å². The summed E-state index contributed by atoms with van der Waals surface area (Å²) in [6.07, 6.45) is -20.0. The van der Waals surface area contributed by atoms with Gasteiger partial charge in [-0.1, -0.05) is 6.58 Å². The fourth-order valence-corrected chi connectivity index (χ4v) is 2.77. The number of carbonyl (C=O) groups excluding carboxylic acids is 1. The summed E-state index contributed by atoms with van der Waals surface area (Å²) in [5.41, 5.74) is -8.51. The van der Waals surface area contributed by atoms with Crippen LogP contribution < -0.4 is 0 Å². The molecule has 1 rings (SSSR count). The summed E-state index contributed by atoms with van der Waals surface area (Å²) in [5, 5.41) is 9.34. The smallest absolute Gasteiger partial charge is 0.426 e. The Balaban J connectivity index is 2.91. The molecule has 3 nitrogen and oxygen atoms in total. The molecule has 152 valence electrons. The van der Waals surface area contributed by atoms with Gasteiger partial charge in [-0.05, 0) is 32.6 Å². The highest BCUT2D eigenvalue weighted by Gasteiger charge is 2.73. The molecule has 0 aromatic heterocycles. The quantitative estimate of drug-likeness (QED) is 0.431. The minimum absolute atomic E-state index is 0.594. The van der Waals surface area contributed by atoms with Crippen molar-refractivity contribution in [1.82, 2.24) is 0 Å². The Morgan fingerprint density at radius 1 is 1.00 bits per heavy atom. The molecule has 1 aliphatic rings. The van der Waals surface area contributed by atoms with Gasteiger partial charge in [0.05, 0.1) is 0 Å². The van der Waals surface area contributed by atoms with Gasteiger partial charge < -0.3 is 9.84 Å². The highest BCUT2D eigenvalue weighted by atomic mass is 19.4. The van der Waals surface area contributed by atoms with Gasteiger partial charge in [0.2, 0.25) is 0 Å². The lowest BCUT2D eigenvalue weighted by molar-refractivity contribution is -0.388. The maximum absolute atomic E-state index is 12.8. The third-order valence-corrected chi connectivity index (χ3v) is 4.43. The van der Waals surface area contributed by atoms with Crippen LogP contribution in [0.2, 0.25) is 0 Å². The van der Waals surface area contributed by atoms with Gasteiger partial charge in [-0.15, -0.1) is 0 Å². The minimum atomic E-state index is -6.00. The van der Waals surface area contributed by atoms with E-state index < -0.39 is 72.9 Å². The van der Waals surface area contributed by atoms with Crippen LogP contribution in [0.3, 0.4) is 0 Å². The number of aliphatic hydroxyl groups is 1. The van der Waals surface area contributed by atoms with Gasteiger partial charge in [0.25, 0.3) is 5.60 Å². The Labute approximate surface area is 141 Å². The molecule has 0 aliphatic heterocycles. The molecule has 0 saturated heterocycles. The minimum Gasteiger partial charge on any atom is -0.456 e. The normalized spacial score (nSPS) is 25.7. The number of alkyl halides is 9. The first kappa shape index (κ1) is 22.6. The molecule has 0 unspecified atom stereocenters. The van der Waals surface area contributed by atoms with Gasteiger partial charge in [-0.2, -0.15) is 39.5 Å². The molecule has 0 amide bonds. The van der Waals surface area contributed by atoms with Crippen molar-refractivity contribution >= 4 is 5.97 Å². The average molecular weight is 402 g/mol. The molecular weight excluding hydrogens is 387 g/mol. The Bertz CT molecular complexity index is 537. The van der Waals surface area contributed by atoms with Gasteiger partial charge >= 0.3 is 24.5 Å². The van der Waals surface area contributed by atoms with E-state index in [4.69, 9.17) is 0 Å². The monoisotopic (exact) mass is 402 g/mol. The first-order valence-electron chi connectivity index (χ1n) is 7.20. The van der Waals surface area contributed by atoms with E-state index in [0.29, 0.717) is 0 Å². The van der Waals surface area contributed by atoms with Gasteiger partial charge in [0.1, 0.15) is 11.2 Å². The standard InChI is InChI=1S/C14H15F9O3/c1-7(12(15,16)17)9(24)26-10(2)5-3-8(4-6-10)11(25,13(18,19)20)14(21,22)23/h8,25H,1,3-6H2,2H3. The van der Waals surface area contributed by atoms with Crippen LogP contribution in [-0.2, 0) is 9.53 Å². The van der Waals surface area contributed by atoms with Gasteiger partial charge in [-0.3, -0.25) is 0 Å². The molecule has 0 aromatic rings. The van der Waals surface area contributed by atoms with Crippen molar-refractivity contribution in [3.05, 3.63) is 12.2 Å². The van der Waals surface area contributed by atoms with Crippen molar-refractivity contribution in [2.45, 2.75) is 62.3 Å². The number of hydrogen-bond acceptors (Lipinski definition) is 3. The molecule has 0 spiro atoms. The van der Waals surface area contributed by atoms with Crippen LogP contribution in [0.15, 0.2) is 12.2 Å². The van der Waals surface area contributed by atoms with Crippen molar-refractivity contribution < 1.29 is 54.2 Å². The molecule has 12 heteroatoms. The Kier molecular flexibility index (Phi) is 5.74. The second kappa shape index (κ2) is 6.61. The highest BCUT2D eigenvalue weighted by Crippen LogP contribution is 2.53. The number of halogens is 9. The zero-order chi connectivity index (χ0) is 20.8. The summed E-state index contributed by atoms with van der Waals surface area (Å²) in [5.74, 6) is -4.14. The molecule has 1 fully saturated rings. The number of hydrogen-bond donors (Lipinski definition) is 1. The maximum Gasteiger partial charge on any atom is 0.426 e. The van der Waals surface area contributed by atoms with Crippen molar-refractivity contribution in [3.8, 4) is 0 Å². The van der Waals surface area contributed by atoms with E-state index >= 15 is 0 Å². The van der Waals surface area contributed by atoms with E-state index in [0.717, 1.165) is 6.92 Å². The van der Waals surface area contributed by atoms with E-state index in [1.807, 2.05) is 0 Å². The van der Waals surface area contributed by atoms with Crippen LogP contribution in [0.25, 0.3) is 0 Å². The Hall–Kier alpha value is -1.46. The summed E-state index contributed by atoms with van der Waals surface area (Å²) >= 11 is 0. The number of ether oxygens (including phenoxy) is 1. The lowest BCUT2D eigenvalue weighted by Crippen LogP contribution is -2.62. The first-order chi connectivity index (χ1) is 11.4. The van der Waals surface area contributed by atoms with Crippen LogP contribution in [0.5, 0.6) is 0 Å². The van der Waals surface area contributed by atoms with Crippen LogP contribution in [0.1, 0.15) is 32.6 Å². The van der Waals surface area contributed by atoms with E-state index in [-0.39, 0.29) is 0 Å². The number of esters is 1. The fourth-order valence-electron chi connectivity index (χ4n) is 2.77. The largest absolute Gasteiger partial charge is 0.456 e. The number of rotatable bonds is 3. The second-order valence-electron chi connectivity index (χ2n) is 6.35. The predicted molar refractivity (Wildman–Crippen MR) is 68.7 cm³/mol. The van der Waals surface area contributed by atoms with E-state index in [1.165, 1.54) is 0 Å². The summed E-state index contributed by atoms with van der Waals surface area (Å²) in [7, 11) is 0. The lowest BCUT2D eigenvalue weighted by Gasteiger charge is -2.44. The van der Waals surface area contributed by atoms with Gasteiger partial charge in [-0.25, -0.2) is 4.79 Å². The Morgan fingerprint density at radius 2 is 1.38 bits per heavy atom. The zero-order valence-corrected chi connectivity index (χ0v) is 13.3. The molecule has 26 heavy (non-hydrogen) atoms. The first-order valence-corrected chi connectivity index (χ1v) is 7.20. The van der Waals surface area contributed by atoms with Crippen LogP contribution in [0.4, 0.5) is 39.5 Å². The second-order valence-corrected chi connectivity index (χ2v) is 6.35. The average Bonchev–Trinajstić information content (AvgIpc) is 2.42. The summed E-state index contributed by atoms with van der Waals surface area (Å²) in [4.78, 5) is 11.4. The van der Waals surface area contributed by atoms with Crippen LogP contribution >= 0.6 is 0 Å². The predicted octanol–water partition coefficient (Wildman–Crippen LogP) is 4.45. The molecule has 0 bridgehead atoms. The van der Waals surface area contributed by atoms with Crippen molar-refractivity contribution in [2.75, 3.05) is 0 Å². The number of carbonyl (C=O) groups is 1. The summed E-state index contributed by atoms with van der Waals surface area (Å²) < 4.78 is 119. The molecule has 1 saturated carbocycles. The summed E-state index contributed by atoms with van der Waals surface area (Å²) in [6.45, 7) is 3.59. The molecule has 0 aromatic carbocycles. The van der Waals surface area contributed by atoms with E-state index in [9.17, 15) is 49.4 Å². The fraction of sp³-hybridized carbons (Fsp3) is 0.786. The van der Waals surface area contributed by atoms with E-state index in [1.54, 1.807) is 0 Å². The lowest BCUT2D eigenvalue weighted by atomic mass is 9.71. The molecule has 1 aliphatic carbocycles. The molecule has 0 radical (unpaired) electrons. The summed E-state index contributed by atoms with van der Waals surface area (Å²) in [6, 6.07) is 0. The highest BCUT2D eigenvalue weighted by molar-refractivity contribution is 5.89. The third kappa shape index (κ3) is 4.26. The van der Waals surface area contributed by atoms with Crippen molar-refractivity contribution in [2.24, 2.45) is 5.92 Å². The van der Waals surface area contributed by atoms with Gasteiger partial charge in [0.15, 0.2) is 0 Å². The SMILES string of the molecule is C=C(C(=O)OC1(C)CCC(C(O)(C(F)(F)F)C(F)(F)F)CC1)C(F)(F)F. The van der Waals surface area contributed by atoms with E-state index in [2.05, 4.69) is 11.3 Å².